The van der Waals surface area contributed by atoms with Crippen LogP contribution in [0.3, 0.4) is 0 Å². The number of aromatic nitrogens is 5. The predicted molar refractivity (Wildman–Crippen MR) is 126 cm³/mol. The van der Waals surface area contributed by atoms with Gasteiger partial charge >= 0.3 is 0 Å². The number of fused-ring (bicyclic) bond motifs is 4. The number of benzene rings is 2. The molecule has 9 heteroatoms. The average molecular weight is 455 g/mol. The fraction of sp³-hybridized carbons (Fsp3) is 0.200. The quantitative estimate of drug-likeness (QED) is 0.411. The monoisotopic (exact) mass is 455 g/mol. The first kappa shape index (κ1) is 20.2. The second-order valence-electron chi connectivity index (χ2n) is 8.08. The van der Waals surface area contributed by atoms with Gasteiger partial charge in [0.25, 0.3) is 11.3 Å². The van der Waals surface area contributed by atoms with Crippen LogP contribution in [0.4, 0.5) is 0 Å². The lowest BCUT2D eigenvalue weighted by Gasteiger charge is -2.12. The average Bonchev–Trinajstić information content (AvgIpc) is 3.16. The van der Waals surface area contributed by atoms with Crippen molar-refractivity contribution in [2.45, 2.75) is 13.3 Å². The third-order valence-electron chi connectivity index (χ3n) is 5.83. The molecular weight excluding hydrogens is 434 g/mol. The Kier molecular flexibility index (Phi) is 4.68. The van der Waals surface area contributed by atoms with Crippen LogP contribution >= 0.6 is 0 Å². The fourth-order valence-corrected chi connectivity index (χ4v) is 4.12. The van der Waals surface area contributed by atoms with Crippen LogP contribution in [0.25, 0.3) is 33.8 Å². The van der Waals surface area contributed by atoms with Crippen molar-refractivity contribution >= 4 is 16.7 Å². The zero-order chi connectivity index (χ0) is 23.2. The van der Waals surface area contributed by atoms with Crippen molar-refractivity contribution in [3.63, 3.8) is 0 Å². The van der Waals surface area contributed by atoms with Crippen molar-refractivity contribution < 1.29 is 14.2 Å². The standard InChI is InChI=1S/C25H21N5O4/c1-15-4-6-20(32-2)19(12-15)29-9-8-18-17(24(29)31)14-26-25-27-23(28-30(18)25)16-5-7-21-22(13-16)34-11-3-10-33-21/h4-9,12-14H,3,10-11H2,1-2H3. The van der Waals surface area contributed by atoms with Gasteiger partial charge in [0.05, 0.1) is 36.9 Å². The van der Waals surface area contributed by atoms with E-state index in [0.717, 1.165) is 17.5 Å². The van der Waals surface area contributed by atoms with Gasteiger partial charge in [-0.2, -0.15) is 9.50 Å². The number of pyridine rings is 1. The maximum absolute atomic E-state index is 13.4. The number of methoxy groups -OCH3 is 1. The van der Waals surface area contributed by atoms with Crippen LogP contribution in [0.2, 0.25) is 0 Å². The molecule has 5 aromatic rings. The van der Waals surface area contributed by atoms with E-state index < -0.39 is 0 Å². The molecule has 2 aromatic carbocycles. The van der Waals surface area contributed by atoms with E-state index in [4.69, 9.17) is 14.2 Å². The van der Waals surface area contributed by atoms with Gasteiger partial charge in [0.15, 0.2) is 17.3 Å². The number of ether oxygens (including phenoxy) is 3. The number of nitrogens with zero attached hydrogens (tertiary/aromatic N) is 5. The summed E-state index contributed by atoms with van der Waals surface area (Å²) in [6, 6.07) is 13.2. The van der Waals surface area contributed by atoms with Crippen LogP contribution < -0.4 is 19.8 Å². The summed E-state index contributed by atoms with van der Waals surface area (Å²) in [6.45, 7) is 3.19. The Bertz CT molecular complexity index is 1620. The third kappa shape index (κ3) is 3.24. The minimum Gasteiger partial charge on any atom is -0.495 e. The van der Waals surface area contributed by atoms with E-state index in [2.05, 4.69) is 15.1 Å². The van der Waals surface area contributed by atoms with Gasteiger partial charge in [-0.05, 0) is 48.9 Å². The highest BCUT2D eigenvalue weighted by Crippen LogP contribution is 2.33. The molecular formula is C25H21N5O4. The highest BCUT2D eigenvalue weighted by atomic mass is 16.5. The Morgan fingerprint density at radius 2 is 1.88 bits per heavy atom. The van der Waals surface area contributed by atoms with Gasteiger partial charge in [-0.15, -0.1) is 5.10 Å². The van der Waals surface area contributed by atoms with Crippen molar-refractivity contribution in [1.82, 2.24) is 24.1 Å². The summed E-state index contributed by atoms with van der Waals surface area (Å²) >= 11 is 0. The van der Waals surface area contributed by atoms with Crippen LogP contribution in [0.15, 0.2) is 59.7 Å². The minimum atomic E-state index is -0.219. The highest BCUT2D eigenvalue weighted by molar-refractivity contribution is 5.79. The van der Waals surface area contributed by atoms with Gasteiger partial charge in [-0.25, -0.2) is 4.98 Å². The Morgan fingerprint density at radius 3 is 2.74 bits per heavy atom. The van der Waals surface area contributed by atoms with Gasteiger partial charge in [0.2, 0.25) is 0 Å². The van der Waals surface area contributed by atoms with Crippen molar-refractivity contribution in [2.75, 3.05) is 20.3 Å². The molecule has 0 bridgehead atoms. The van der Waals surface area contributed by atoms with Gasteiger partial charge in [-0.3, -0.25) is 9.36 Å². The molecule has 0 atom stereocenters. The molecule has 6 rings (SSSR count). The lowest BCUT2D eigenvalue weighted by molar-refractivity contribution is 0.297. The Balaban J connectivity index is 1.49. The molecule has 0 spiro atoms. The van der Waals surface area contributed by atoms with E-state index in [-0.39, 0.29) is 5.56 Å². The maximum atomic E-state index is 13.4. The van der Waals surface area contributed by atoms with Crippen LogP contribution in [0.1, 0.15) is 12.0 Å². The third-order valence-corrected chi connectivity index (χ3v) is 5.83. The lowest BCUT2D eigenvalue weighted by Crippen LogP contribution is -2.19. The predicted octanol–water partition coefficient (Wildman–Crippen LogP) is 3.57. The van der Waals surface area contributed by atoms with Crippen molar-refractivity contribution in [2.24, 2.45) is 0 Å². The lowest BCUT2D eigenvalue weighted by atomic mass is 10.2. The van der Waals surface area contributed by atoms with Gasteiger partial charge in [-0.1, -0.05) is 6.07 Å². The van der Waals surface area contributed by atoms with Crippen LogP contribution in [0, 0.1) is 6.92 Å². The van der Waals surface area contributed by atoms with Crippen LogP contribution in [-0.2, 0) is 0 Å². The molecule has 4 heterocycles. The summed E-state index contributed by atoms with van der Waals surface area (Å²) in [7, 11) is 1.59. The molecule has 1 aliphatic heterocycles. The molecule has 0 saturated carbocycles. The number of aryl methyl sites for hydroxylation is 1. The van der Waals surface area contributed by atoms with Gasteiger partial charge in [0, 0.05) is 24.4 Å². The molecule has 0 fully saturated rings. The number of rotatable bonds is 3. The molecule has 3 aromatic heterocycles. The van der Waals surface area contributed by atoms with Crippen LogP contribution in [-0.4, -0.2) is 44.5 Å². The topological polar surface area (TPSA) is 92.8 Å². The molecule has 0 N–H and O–H groups in total. The Labute approximate surface area is 194 Å². The summed E-state index contributed by atoms with van der Waals surface area (Å²) in [6.07, 6.45) is 4.09. The summed E-state index contributed by atoms with van der Waals surface area (Å²) in [5.41, 5.74) is 2.86. The van der Waals surface area contributed by atoms with E-state index >= 15 is 0 Å². The Hall–Kier alpha value is -4.40. The van der Waals surface area contributed by atoms with E-state index in [1.54, 1.807) is 22.4 Å². The van der Waals surface area contributed by atoms with Crippen molar-refractivity contribution in [3.05, 3.63) is 70.8 Å². The minimum absolute atomic E-state index is 0.219. The molecule has 0 saturated heterocycles. The summed E-state index contributed by atoms with van der Waals surface area (Å²) in [5.74, 6) is 2.88. The molecule has 0 aliphatic carbocycles. The van der Waals surface area contributed by atoms with E-state index in [1.807, 2.05) is 49.4 Å². The zero-order valence-electron chi connectivity index (χ0n) is 18.7. The zero-order valence-corrected chi connectivity index (χ0v) is 18.7. The van der Waals surface area contributed by atoms with Gasteiger partial charge in [0.1, 0.15) is 5.75 Å². The van der Waals surface area contributed by atoms with E-state index in [1.165, 1.54) is 6.20 Å². The molecule has 0 amide bonds. The molecule has 170 valence electrons. The first-order valence-electron chi connectivity index (χ1n) is 10.9. The summed E-state index contributed by atoms with van der Waals surface area (Å²) in [4.78, 5) is 22.4. The second-order valence-corrected chi connectivity index (χ2v) is 8.08. The van der Waals surface area contributed by atoms with E-state index in [0.29, 0.717) is 58.7 Å². The molecule has 1 aliphatic rings. The largest absolute Gasteiger partial charge is 0.495 e. The Morgan fingerprint density at radius 1 is 1.03 bits per heavy atom. The first-order chi connectivity index (χ1) is 16.6. The maximum Gasteiger partial charge on any atom is 0.266 e. The number of hydrogen-bond donors (Lipinski definition) is 0. The smallest absolute Gasteiger partial charge is 0.266 e. The molecule has 34 heavy (non-hydrogen) atoms. The molecule has 0 unspecified atom stereocenters. The van der Waals surface area contributed by atoms with Crippen LogP contribution in [0.5, 0.6) is 17.2 Å². The fourth-order valence-electron chi connectivity index (χ4n) is 4.12. The normalized spacial score (nSPS) is 13.2. The first-order valence-corrected chi connectivity index (χ1v) is 10.9. The SMILES string of the molecule is COc1ccc(C)cc1-n1ccc2c(cnc3nc(-c4ccc5c(c4)OCCCO5)nn32)c1=O. The van der Waals surface area contributed by atoms with Crippen molar-refractivity contribution in [3.8, 4) is 34.3 Å². The van der Waals surface area contributed by atoms with E-state index in [9.17, 15) is 4.79 Å². The van der Waals surface area contributed by atoms with Gasteiger partial charge < -0.3 is 14.2 Å². The molecule has 0 radical (unpaired) electrons. The summed E-state index contributed by atoms with van der Waals surface area (Å²) in [5, 5.41) is 5.07. The molecule has 9 nitrogen and oxygen atoms in total. The second kappa shape index (κ2) is 7.87. The number of hydrogen-bond acceptors (Lipinski definition) is 7. The summed E-state index contributed by atoms with van der Waals surface area (Å²) < 4.78 is 20.1. The van der Waals surface area contributed by atoms with Crippen molar-refractivity contribution in [1.29, 1.82) is 0 Å². The highest BCUT2D eigenvalue weighted by Gasteiger charge is 2.17.